The Hall–Kier alpha value is -2.79. The summed E-state index contributed by atoms with van der Waals surface area (Å²) in [4.78, 5) is 12.6. The Morgan fingerprint density at radius 2 is 2.03 bits per heavy atom. The Bertz CT molecular complexity index is 978. The number of ether oxygens (including phenoxy) is 2. The molecule has 1 aliphatic rings. The van der Waals surface area contributed by atoms with Crippen LogP contribution in [0.3, 0.4) is 0 Å². The minimum absolute atomic E-state index is 0.0367. The van der Waals surface area contributed by atoms with E-state index in [0.717, 1.165) is 35.1 Å². The molecular formula is C24H28N2O3. The average molecular weight is 392 g/mol. The molecule has 3 aromatic rings. The maximum atomic E-state index is 12.6. The number of benzene rings is 2. The van der Waals surface area contributed by atoms with Gasteiger partial charge in [0.25, 0.3) is 0 Å². The molecule has 1 N–H and O–H groups in total. The summed E-state index contributed by atoms with van der Waals surface area (Å²) in [6, 6.07) is 18.3. The van der Waals surface area contributed by atoms with Crippen molar-refractivity contribution in [1.82, 2.24) is 9.88 Å². The lowest BCUT2D eigenvalue weighted by Crippen LogP contribution is -2.46. The quantitative estimate of drug-likeness (QED) is 0.681. The molecule has 0 unspecified atom stereocenters. The van der Waals surface area contributed by atoms with Gasteiger partial charge in [0.2, 0.25) is 5.91 Å². The first kappa shape index (κ1) is 19.5. The fraction of sp³-hybridized carbons (Fsp3) is 0.375. The molecule has 152 valence electrons. The van der Waals surface area contributed by atoms with Gasteiger partial charge >= 0.3 is 0 Å². The molecule has 1 atom stereocenters. The van der Waals surface area contributed by atoms with Crippen molar-refractivity contribution >= 4 is 16.8 Å². The van der Waals surface area contributed by atoms with Crippen molar-refractivity contribution in [2.75, 3.05) is 6.61 Å². The van der Waals surface area contributed by atoms with Crippen LogP contribution in [0.25, 0.3) is 10.9 Å². The zero-order chi connectivity index (χ0) is 20.3. The maximum Gasteiger partial charge on any atom is 0.240 e. The molecule has 5 nitrogen and oxygen atoms in total. The number of nitrogens with zero attached hydrogens (tertiary/aromatic N) is 1. The highest BCUT2D eigenvalue weighted by Crippen LogP contribution is 2.25. The van der Waals surface area contributed by atoms with Gasteiger partial charge in [0, 0.05) is 29.7 Å². The number of nitrogens with one attached hydrogen (secondary N) is 1. The van der Waals surface area contributed by atoms with Crippen LogP contribution < -0.4 is 10.1 Å². The van der Waals surface area contributed by atoms with Crippen LogP contribution in [0.4, 0.5) is 0 Å². The second-order valence-corrected chi connectivity index (χ2v) is 8.30. The van der Waals surface area contributed by atoms with Crippen LogP contribution in [0.15, 0.2) is 60.8 Å². The Morgan fingerprint density at radius 3 is 2.83 bits per heavy atom. The molecule has 1 fully saturated rings. The number of hydrogen-bond donors (Lipinski definition) is 1. The van der Waals surface area contributed by atoms with Gasteiger partial charge in [-0.15, -0.1) is 0 Å². The van der Waals surface area contributed by atoms with Crippen LogP contribution in [-0.2, 0) is 22.7 Å². The van der Waals surface area contributed by atoms with E-state index in [9.17, 15) is 4.79 Å². The molecule has 1 amide bonds. The van der Waals surface area contributed by atoms with Crippen LogP contribution in [0.2, 0.25) is 0 Å². The number of carbonyl (C=O) groups excluding carboxylic acids is 1. The van der Waals surface area contributed by atoms with Crippen LogP contribution in [-0.4, -0.2) is 28.7 Å². The van der Waals surface area contributed by atoms with Gasteiger partial charge in [0.05, 0.1) is 5.60 Å². The van der Waals surface area contributed by atoms with Gasteiger partial charge in [0.1, 0.15) is 18.9 Å². The number of aromatic nitrogens is 1. The summed E-state index contributed by atoms with van der Waals surface area (Å²) < 4.78 is 13.6. The maximum absolute atomic E-state index is 12.6. The fourth-order valence-electron chi connectivity index (χ4n) is 3.93. The Labute approximate surface area is 171 Å². The third-order valence-corrected chi connectivity index (χ3v) is 5.37. The Morgan fingerprint density at radius 1 is 1.21 bits per heavy atom. The molecule has 29 heavy (non-hydrogen) atoms. The van der Waals surface area contributed by atoms with Crippen LogP contribution in [0.5, 0.6) is 5.75 Å². The topological polar surface area (TPSA) is 52.5 Å². The smallest absolute Gasteiger partial charge is 0.240 e. The summed E-state index contributed by atoms with van der Waals surface area (Å²) in [5, 5.41) is 4.23. The molecule has 1 saturated heterocycles. The van der Waals surface area contributed by atoms with E-state index >= 15 is 0 Å². The predicted molar refractivity (Wildman–Crippen MR) is 114 cm³/mol. The van der Waals surface area contributed by atoms with Gasteiger partial charge in [-0.25, -0.2) is 0 Å². The Kier molecular flexibility index (Phi) is 5.58. The second kappa shape index (κ2) is 8.29. The van der Waals surface area contributed by atoms with E-state index in [1.165, 1.54) is 0 Å². The first-order valence-corrected chi connectivity index (χ1v) is 10.2. The van der Waals surface area contributed by atoms with Crippen molar-refractivity contribution in [3.05, 3.63) is 66.4 Å². The molecule has 0 bridgehead atoms. The van der Waals surface area contributed by atoms with E-state index in [0.29, 0.717) is 19.8 Å². The summed E-state index contributed by atoms with van der Waals surface area (Å²) >= 11 is 0. The van der Waals surface area contributed by atoms with Crippen LogP contribution >= 0.6 is 0 Å². The molecule has 1 aromatic heterocycles. The average Bonchev–Trinajstić information content (AvgIpc) is 3.08. The van der Waals surface area contributed by atoms with Crippen molar-refractivity contribution in [2.24, 2.45) is 0 Å². The number of fused-ring (bicyclic) bond motifs is 1. The zero-order valence-corrected chi connectivity index (χ0v) is 17.1. The summed E-state index contributed by atoms with van der Waals surface area (Å²) in [5.41, 5.74) is 1.99. The lowest BCUT2D eigenvalue weighted by Gasteiger charge is -2.35. The van der Waals surface area contributed by atoms with Crippen molar-refractivity contribution in [3.63, 3.8) is 0 Å². The third-order valence-electron chi connectivity index (χ3n) is 5.37. The van der Waals surface area contributed by atoms with Crippen molar-refractivity contribution in [1.29, 1.82) is 0 Å². The third kappa shape index (κ3) is 4.98. The zero-order valence-electron chi connectivity index (χ0n) is 17.1. The SMILES string of the molecule is CC1(C)C[C@@H](NC(=O)Cn2ccc3cc(OCc4ccccc4)ccc32)CCO1. The number of rotatable bonds is 6. The van der Waals surface area contributed by atoms with E-state index in [4.69, 9.17) is 9.47 Å². The van der Waals surface area contributed by atoms with E-state index in [1.807, 2.05) is 65.4 Å². The number of carbonyl (C=O) groups is 1. The van der Waals surface area contributed by atoms with Gasteiger partial charge in [-0.1, -0.05) is 30.3 Å². The van der Waals surface area contributed by atoms with Crippen molar-refractivity contribution < 1.29 is 14.3 Å². The minimum Gasteiger partial charge on any atom is -0.489 e. The van der Waals surface area contributed by atoms with Gasteiger partial charge in [-0.05, 0) is 56.5 Å². The predicted octanol–water partition coefficient (Wildman–Crippen LogP) is 4.29. The number of amides is 1. The van der Waals surface area contributed by atoms with Gasteiger partial charge in [-0.2, -0.15) is 0 Å². The summed E-state index contributed by atoms with van der Waals surface area (Å²) in [7, 11) is 0. The number of hydrogen-bond acceptors (Lipinski definition) is 3. The molecule has 0 spiro atoms. The van der Waals surface area contributed by atoms with Crippen LogP contribution in [0.1, 0.15) is 32.3 Å². The van der Waals surface area contributed by atoms with E-state index in [2.05, 4.69) is 19.2 Å². The molecule has 2 heterocycles. The van der Waals surface area contributed by atoms with E-state index < -0.39 is 0 Å². The van der Waals surface area contributed by atoms with E-state index in [-0.39, 0.29) is 17.6 Å². The molecule has 2 aromatic carbocycles. The lowest BCUT2D eigenvalue weighted by atomic mass is 9.94. The normalized spacial score (nSPS) is 18.5. The van der Waals surface area contributed by atoms with Gasteiger partial charge < -0.3 is 19.4 Å². The highest BCUT2D eigenvalue weighted by Gasteiger charge is 2.29. The summed E-state index contributed by atoms with van der Waals surface area (Å²) in [6.07, 6.45) is 3.66. The lowest BCUT2D eigenvalue weighted by molar-refractivity contribution is -0.124. The monoisotopic (exact) mass is 392 g/mol. The summed E-state index contributed by atoms with van der Waals surface area (Å²) in [6.45, 7) is 5.68. The highest BCUT2D eigenvalue weighted by molar-refractivity contribution is 5.84. The highest BCUT2D eigenvalue weighted by atomic mass is 16.5. The van der Waals surface area contributed by atoms with Crippen LogP contribution in [0, 0.1) is 0 Å². The molecule has 1 aliphatic heterocycles. The molecule has 5 heteroatoms. The Balaban J connectivity index is 1.38. The van der Waals surface area contributed by atoms with Gasteiger partial charge in [-0.3, -0.25) is 4.79 Å². The molecular weight excluding hydrogens is 364 g/mol. The largest absolute Gasteiger partial charge is 0.489 e. The fourth-order valence-corrected chi connectivity index (χ4v) is 3.93. The molecule has 0 saturated carbocycles. The first-order valence-electron chi connectivity index (χ1n) is 10.2. The second-order valence-electron chi connectivity index (χ2n) is 8.30. The van der Waals surface area contributed by atoms with E-state index in [1.54, 1.807) is 0 Å². The molecule has 0 aliphatic carbocycles. The van der Waals surface area contributed by atoms with Crippen molar-refractivity contribution in [2.45, 2.75) is 51.5 Å². The van der Waals surface area contributed by atoms with Gasteiger partial charge in [0.15, 0.2) is 0 Å². The standard InChI is InChI=1S/C24H28N2O3/c1-24(2)15-20(11-13-29-24)25-23(27)16-26-12-10-19-14-21(8-9-22(19)26)28-17-18-6-4-3-5-7-18/h3-10,12,14,20H,11,13,15-17H2,1-2H3,(H,25,27)/t20-/m0/s1. The molecule has 4 rings (SSSR count). The minimum atomic E-state index is -0.174. The summed E-state index contributed by atoms with van der Waals surface area (Å²) in [5.74, 6) is 0.864. The van der Waals surface area contributed by atoms with Crippen molar-refractivity contribution in [3.8, 4) is 5.75 Å². The first-order chi connectivity index (χ1) is 14.0. The molecule has 0 radical (unpaired) electrons.